The van der Waals surface area contributed by atoms with Gasteiger partial charge in [-0.3, -0.25) is 19.7 Å². The minimum atomic E-state index is -0.775. The summed E-state index contributed by atoms with van der Waals surface area (Å²) in [4.78, 5) is 36.5. The Labute approximate surface area is 142 Å². The standard InChI is InChI=1S/C17H17N3O5/c21-14-4-3-12(16(22)18-14)15-11-2-1-10(7-13(11)25-19-15)20-6-5-9(8-20)17(23)24/h1-2,7,9,12H,3-6,8H2,(H,23,24)(H,18,21,22)/t9-,12?/m0/s1. The smallest absolute Gasteiger partial charge is 0.308 e. The van der Waals surface area contributed by atoms with Gasteiger partial charge in [0.25, 0.3) is 0 Å². The van der Waals surface area contributed by atoms with Gasteiger partial charge in [-0.05, 0) is 25.0 Å². The number of anilines is 1. The molecular formula is C17H17N3O5. The number of imide groups is 1. The predicted molar refractivity (Wildman–Crippen MR) is 87.1 cm³/mol. The molecule has 2 fully saturated rings. The molecule has 3 heterocycles. The van der Waals surface area contributed by atoms with Crippen LogP contribution in [-0.4, -0.2) is 41.1 Å². The quantitative estimate of drug-likeness (QED) is 0.807. The minimum absolute atomic E-state index is 0.265. The van der Waals surface area contributed by atoms with Gasteiger partial charge < -0.3 is 14.5 Å². The maximum Gasteiger partial charge on any atom is 0.308 e. The molecule has 0 aliphatic carbocycles. The summed E-state index contributed by atoms with van der Waals surface area (Å²) in [6.07, 6.45) is 1.32. The number of aliphatic carboxylic acids is 1. The third-order valence-electron chi connectivity index (χ3n) is 4.96. The van der Waals surface area contributed by atoms with E-state index in [4.69, 9.17) is 9.63 Å². The highest BCUT2D eigenvalue weighted by Gasteiger charge is 2.32. The molecule has 2 saturated heterocycles. The Hall–Kier alpha value is -2.90. The van der Waals surface area contributed by atoms with Crippen LogP contribution < -0.4 is 10.2 Å². The van der Waals surface area contributed by atoms with Crippen molar-refractivity contribution < 1.29 is 24.0 Å². The summed E-state index contributed by atoms with van der Waals surface area (Å²) in [6, 6.07) is 5.55. The van der Waals surface area contributed by atoms with Crippen LogP contribution in [0.3, 0.4) is 0 Å². The number of amides is 2. The van der Waals surface area contributed by atoms with Gasteiger partial charge in [-0.25, -0.2) is 0 Å². The zero-order valence-corrected chi connectivity index (χ0v) is 13.4. The van der Waals surface area contributed by atoms with Crippen LogP contribution in [-0.2, 0) is 14.4 Å². The van der Waals surface area contributed by atoms with Crippen molar-refractivity contribution >= 4 is 34.4 Å². The summed E-state index contributed by atoms with van der Waals surface area (Å²) in [5.41, 5.74) is 1.97. The van der Waals surface area contributed by atoms with Crippen molar-refractivity contribution in [2.24, 2.45) is 5.92 Å². The van der Waals surface area contributed by atoms with E-state index >= 15 is 0 Å². The van der Waals surface area contributed by atoms with Crippen molar-refractivity contribution in [3.63, 3.8) is 0 Å². The number of benzene rings is 1. The second kappa shape index (κ2) is 5.87. The summed E-state index contributed by atoms with van der Waals surface area (Å²) in [5, 5.41) is 16.2. The van der Waals surface area contributed by atoms with Gasteiger partial charge in [0.15, 0.2) is 5.58 Å². The molecule has 0 bridgehead atoms. The lowest BCUT2D eigenvalue weighted by molar-refractivity contribution is -0.141. The molecule has 2 amide bonds. The van der Waals surface area contributed by atoms with Gasteiger partial charge in [0.2, 0.25) is 11.8 Å². The maximum absolute atomic E-state index is 12.0. The molecule has 2 aliphatic heterocycles. The highest BCUT2D eigenvalue weighted by molar-refractivity contribution is 6.02. The Kier molecular flexibility index (Phi) is 3.67. The van der Waals surface area contributed by atoms with Crippen LogP contribution in [0.25, 0.3) is 11.0 Å². The average Bonchev–Trinajstić information content (AvgIpc) is 3.21. The molecular weight excluding hydrogens is 326 g/mol. The van der Waals surface area contributed by atoms with Crippen LogP contribution in [0.5, 0.6) is 0 Å². The van der Waals surface area contributed by atoms with E-state index in [1.165, 1.54) is 0 Å². The second-order valence-corrected chi connectivity index (χ2v) is 6.52. The van der Waals surface area contributed by atoms with E-state index in [0.29, 0.717) is 37.2 Å². The van der Waals surface area contributed by atoms with Crippen LogP contribution >= 0.6 is 0 Å². The van der Waals surface area contributed by atoms with Gasteiger partial charge in [0, 0.05) is 36.7 Å². The van der Waals surface area contributed by atoms with E-state index in [0.717, 1.165) is 11.1 Å². The van der Waals surface area contributed by atoms with Gasteiger partial charge in [-0.2, -0.15) is 0 Å². The number of carboxylic acids is 1. The fraction of sp³-hybridized carbons (Fsp3) is 0.412. The molecule has 8 heteroatoms. The first kappa shape index (κ1) is 15.6. The Morgan fingerprint density at radius 3 is 2.88 bits per heavy atom. The molecule has 0 radical (unpaired) electrons. The molecule has 25 heavy (non-hydrogen) atoms. The maximum atomic E-state index is 12.0. The molecule has 4 rings (SSSR count). The largest absolute Gasteiger partial charge is 0.481 e. The van der Waals surface area contributed by atoms with Crippen molar-refractivity contribution in [1.82, 2.24) is 10.5 Å². The van der Waals surface area contributed by atoms with Gasteiger partial charge in [0.1, 0.15) is 5.69 Å². The lowest BCUT2D eigenvalue weighted by Crippen LogP contribution is -2.39. The highest BCUT2D eigenvalue weighted by Crippen LogP contribution is 2.33. The molecule has 130 valence electrons. The number of carboxylic acid groups (broad SMARTS) is 1. The number of hydrogen-bond acceptors (Lipinski definition) is 6. The minimum Gasteiger partial charge on any atom is -0.481 e. The molecule has 8 nitrogen and oxygen atoms in total. The molecule has 2 aromatic rings. The summed E-state index contributed by atoms with van der Waals surface area (Å²) in [5.74, 6) is -2.24. The monoisotopic (exact) mass is 343 g/mol. The van der Waals surface area contributed by atoms with Crippen molar-refractivity contribution in [1.29, 1.82) is 0 Å². The summed E-state index contributed by atoms with van der Waals surface area (Å²) >= 11 is 0. The molecule has 0 saturated carbocycles. The summed E-state index contributed by atoms with van der Waals surface area (Å²) < 4.78 is 5.39. The van der Waals surface area contributed by atoms with E-state index < -0.39 is 11.9 Å². The molecule has 2 atom stereocenters. The highest BCUT2D eigenvalue weighted by atomic mass is 16.5. The number of carbonyl (C=O) groups is 3. The molecule has 1 unspecified atom stereocenters. The molecule has 2 N–H and O–H groups in total. The third kappa shape index (κ3) is 2.73. The van der Waals surface area contributed by atoms with Gasteiger partial charge in [-0.1, -0.05) is 5.16 Å². The van der Waals surface area contributed by atoms with Crippen LogP contribution in [0, 0.1) is 5.92 Å². The van der Waals surface area contributed by atoms with Crippen LogP contribution in [0.15, 0.2) is 22.7 Å². The first-order chi connectivity index (χ1) is 12.0. The normalized spacial score (nSPS) is 23.9. The van der Waals surface area contributed by atoms with Crippen molar-refractivity contribution in [2.75, 3.05) is 18.0 Å². The zero-order chi connectivity index (χ0) is 17.6. The van der Waals surface area contributed by atoms with Crippen LogP contribution in [0.2, 0.25) is 0 Å². The van der Waals surface area contributed by atoms with E-state index in [2.05, 4.69) is 10.5 Å². The third-order valence-corrected chi connectivity index (χ3v) is 4.96. The molecule has 1 aromatic heterocycles. The topological polar surface area (TPSA) is 113 Å². The predicted octanol–water partition coefficient (Wildman–Crippen LogP) is 1.26. The number of piperidine rings is 1. The van der Waals surface area contributed by atoms with Crippen LogP contribution in [0.4, 0.5) is 5.69 Å². The number of aromatic nitrogens is 1. The fourth-order valence-electron chi connectivity index (χ4n) is 3.54. The number of carbonyl (C=O) groups excluding carboxylic acids is 2. The van der Waals surface area contributed by atoms with Gasteiger partial charge >= 0.3 is 5.97 Å². The number of hydrogen-bond donors (Lipinski definition) is 2. The van der Waals surface area contributed by atoms with E-state index in [1.807, 2.05) is 23.1 Å². The Balaban J connectivity index is 1.60. The second-order valence-electron chi connectivity index (χ2n) is 6.52. The summed E-state index contributed by atoms with van der Waals surface area (Å²) in [7, 11) is 0. The first-order valence-corrected chi connectivity index (χ1v) is 8.23. The van der Waals surface area contributed by atoms with E-state index in [1.54, 1.807) is 0 Å². The number of rotatable bonds is 3. The number of fused-ring (bicyclic) bond motifs is 1. The van der Waals surface area contributed by atoms with Gasteiger partial charge in [-0.15, -0.1) is 0 Å². The molecule has 0 spiro atoms. The molecule has 1 aromatic carbocycles. The van der Waals surface area contributed by atoms with Crippen molar-refractivity contribution in [3.8, 4) is 0 Å². The molecule has 2 aliphatic rings. The summed E-state index contributed by atoms with van der Waals surface area (Å²) in [6.45, 7) is 1.14. The SMILES string of the molecule is O=C1CCC(c2noc3cc(N4CC[C@H](C(=O)O)C4)ccc23)C(=O)N1. The lowest BCUT2D eigenvalue weighted by Gasteiger charge is -2.19. The van der Waals surface area contributed by atoms with Gasteiger partial charge in [0.05, 0.1) is 11.8 Å². The first-order valence-electron chi connectivity index (χ1n) is 8.23. The van der Waals surface area contributed by atoms with E-state index in [-0.39, 0.29) is 24.2 Å². The number of nitrogens with one attached hydrogen (secondary N) is 1. The van der Waals surface area contributed by atoms with E-state index in [9.17, 15) is 14.4 Å². The van der Waals surface area contributed by atoms with Crippen molar-refractivity contribution in [2.45, 2.75) is 25.2 Å². The lowest BCUT2D eigenvalue weighted by atomic mass is 9.93. The Morgan fingerprint density at radius 2 is 2.16 bits per heavy atom. The Morgan fingerprint density at radius 1 is 1.32 bits per heavy atom. The van der Waals surface area contributed by atoms with Crippen LogP contribution in [0.1, 0.15) is 30.9 Å². The Bertz CT molecular complexity index is 874. The fourth-order valence-corrected chi connectivity index (χ4v) is 3.54. The number of nitrogens with zero attached hydrogens (tertiary/aromatic N) is 2. The zero-order valence-electron chi connectivity index (χ0n) is 13.4. The van der Waals surface area contributed by atoms with Crippen molar-refractivity contribution in [3.05, 3.63) is 23.9 Å². The average molecular weight is 343 g/mol.